The van der Waals surface area contributed by atoms with E-state index in [-0.39, 0.29) is 0 Å². The van der Waals surface area contributed by atoms with Crippen molar-refractivity contribution in [2.24, 2.45) is 0 Å². The van der Waals surface area contributed by atoms with Gasteiger partial charge in [0.25, 0.3) is 0 Å². The third-order valence-electron chi connectivity index (χ3n) is 4.35. The number of hydrogen-bond acceptors (Lipinski definition) is 4. The molecule has 0 aliphatic heterocycles. The molecule has 0 N–H and O–H groups in total. The van der Waals surface area contributed by atoms with Crippen LogP contribution in [0.4, 0.5) is 0 Å². The third kappa shape index (κ3) is 4.05. The minimum Gasteiger partial charge on any atom is -0.192 e. The van der Waals surface area contributed by atoms with Gasteiger partial charge in [-0.25, -0.2) is 0 Å². The lowest BCUT2D eigenvalue weighted by Crippen LogP contribution is -1.87. The number of nitriles is 2. The van der Waals surface area contributed by atoms with Gasteiger partial charge in [0.1, 0.15) is 12.1 Å². The number of rotatable bonds is 7. The normalized spacial score (nSPS) is 10.4. The van der Waals surface area contributed by atoms with Crippen molar-refractivity contribution in [3.8, 4) is 32.3 Å². The fourth-order valence-corrected chi connectivity index (χ4v) is 5.13. The lowest BCUT2D eigenvalue weighted by atomic mass is 10.0. The summed E-state index contributed by atoms with van der Waals surface area (Å²) < 4.78 is 0. The standard InChI is InChI=1S/C22H20N2S2/c1-2-3-4-5-8-17-10-11-21(25-17)22-13-12-20(26-22)18-9-6-7-16(14-23)19(18)15-24/h6-7,9-13H,2-5,8H2,1H3. The van der Waals surface area contributed by atoms with Crippen molar-refractivity contribution in [1.82, 2.24) is 0 Å². The molecule has 0 saturated carbocycles. The summed E-state index contributed by atoms with van der Waals surface area (Å²) in [5.74, 6) is 0. The SMILES string of the molecule is CCCCCCc1ccc(-c2ccc(-c3cccc(C#N)c3C#N)s2)s1. The largest absolute Gasteiger partial charge is 0.192 e. The molecule has 3 rings (SSSR count). The molecule has 0 radical (unpaired) electrons. The van der Waals surface area contributed by atoms with Crippen LogP contribution in [-0.4, -0.2) is 0 Å². The Balaban J connectivity index is 1.80. The van der Waals surface area contributed by atoms with Gasteiger partial charge in [-0.05, 0) is 43.2 Å². The molecule has 130 valence electrons. The van der Waals surface area contributed by atoms with Gasteiger partial charge in [-0.2, -0.15) is 10.5 Å². The Labute approximate surface area is 163 Å². The van der Waals surface area contributed by atoms with E-state index >= 15 is 0 Å². The first-order chi connectivity index (χ1) is 12.8. The quantitative estimate of drug-likeness (QED) is 0.416. The minimum atomic E-state index is 0.436. The second-order valence-electron chi connectivity index (χ2n) is 6.19. The van der Waals surface area contributed by atoms with Gasteiger partial charge in [0.2, 0.25) is 0 Å². The first-order valence-corrected chi connectivity index (χ1v) is 10.5. The van der Waals surface area contributed by atoms with Crippen LogP contribution in [0.2, 0.25) is 0 Å². The predicted octanol–water partition coefficient (Wildman–Crippen LogP) is 7.01. The van der Waals surface area contributed by atoms with Crippen molar-refractivity contribution in [3.05, 3.63) is 58.5 Å². The summed E-state index contributed by atoms with van der Waals surface area (Å²) in [7, 11) is 0. The summed E-state index contributed by atoms with van der Waals surface area (Å²) in [6.07, 6.45) is 6.31. The summed E-state index contributed by atoms with van der Waals surface area (Å²) >= 11 is 3.55. The number of thiophene rings is 2. The molecule has 0 saturated heterocycles. The average molecular weight is 377 g/mol. The van der Waals surface area contributed by atoms with Crippen molar-refractivity contribution >= 4 is 22.7 Å². The van der Waals surface area contributed by atoms with Crippen molar-refractivity contribution in [2.45, 2.75) is 39.0 Å². The van der Waals surface area contributed by atoms with Crippen LogP contribution in [0.15, 0.2) is 42.5 Å². The molecule has 3 aromatic rings. The van der Waals surface area contributed by atoms with Crippen LogP contribution >= 0.6 is 22.7 Å². The number of aryl methyl sites for hydroxylation is 1. The van der Waals surface area contributed by atoms with Gasteiger partial charge in [-0.3, -0.25) is 0 Å². The molecular weight excluding hydrogens is 356 g/mol. The van der Waals surface area contributed by atoms with Crippen molar-refractivity contribution in [3.63, 3.8) is 0 Å². The van der Waals surface area contributed by atoms with Crippen LogP contribution in [0.1, 0.15) is 48.6 Å². The zero-order valence-electron chi connectivity index (χ0n) is 14.8. The molecule has 0 aliphatic rings. The van der Waals surface area contributed by atoms with Gasteiger partial charge >= 0.3 is 0 Å². The molecule has 4 heteroatoms. The number of unbranched alkanes of at least 4 members (excludes halogenated alkanes) is 3. The highest BCUT2D eigenvalue weighted by Crippen LogP contribution is 2.39. The molecule has 0 fully saturated rings. The molecule has 2 aromatic heterocycles. The van der Waals surface area contributed by atoms with Crippen LogP contribution in [0.5, 0.6) is 0 Å². The van der Waals surface area contributed by atoms with Gasteiger partial charge in [0, 0.05) is 25.1 Å². The summed E-state index contributed by atoms with van der Waals surface area (Å²) in [4.78, 5) is 4.97. The van der Waals surface area contributed by atoms with Gasteiger partial charge in [0.15, 0.2) is 0 Å². The Morgan fingerprint density at radius 1 is 0.808 bits per heavy atom. The molecule has 0 atom stereocenters. The number of benzene rings is 1. The van der Waals surface area contributed by atoms with E-state index in [4.69, 9.17) is 0 Å². The van der Waals surface area contributed by atoms with E-state index in [1.165, 1.54) is 40.3 Å². The predicted molar refractivity (Wildman–Crippen MR) is 110 cm³/mol. The summed E-state index contributed by atoms with van der Waals surface area (Å²) in [5, 5.41) is 18.7. The molecular formula is C22H20N2S2. The molecule has 0 bridgehead atoms. The zero-order chi connectivity index (χ0) is 18.4. The molecule has 0 amide bonds. The van der Waals surface area contributed by atoms with E-state index in [0.29, 0.717) is 11.1 Å². The van der Waals surface area contributed by atoms with E-state index in [1.54, 1.807) is 17.4 Å². The maximum absolute atomic E-state index is 9.45. The van der Waals surface area contributed by atoms with Crippen molar-refractivity contribution in [1.29, 1.82) is 10.5 Å². The molecule has 26 heavy (non-hydrogen) atoms. The fourth-order valence-electron chi connectivity index (χ4n) is 2.96. The molecule has 1 aromatic carbocycles. The van der Waals surface area contributed by atoms with Crippen LogP contribution in [0.3, 0.4) is 0 Å². The highest BCUT2D eigenvalue weighted by atomic mass is 32.1. The number of nitrogens with zero attached hydrogens (tertiary/aromatic N) is 2. The average Bonchev–Trinajstić information content (AvgIpc) is 3.33. The first kappa shape index (κ1) is 18.4. The summed E-state index contributed by atoms with van der Waals surface area (Å²) in [6.45, 7) is 2.24. The Kier molecular flexibility index (Phi) is 6.23. The van der Waals surface area contributed by atoms with Crippen LogP contribution in [0, 0.1) is 22.7 Å². The van der Waals surface area contributed by atoms with Crippen LogP contribution in [0.25, 0.3) is 20.2 Å². The fraction of sp³-hybridized carbons (Fsp3) is 0.273. The molecule has 2 heterocycles. The van der Waals surface area contributed by atoms with Gasteiger partial charge in [0.05, 0.1) is 11.1 Å². The van der Waals surface area contributed by atoms with Gasteiger partial charge < -0.3 is 0 Å². The summed E-state index contributed by atoms with van der Waals surface area (Å²) in [6, 6.07) is 18.4. The summed E-state index contributed by atoms with van der Waals surface area (Å²) in [5.41, 5.74) is 1.75. The van der Waals surface area contributed by atoms with Crippen LogP contribution < -0.4 is 0 Å². The lowest BCUT2D eigenvalue weighted by Gasteiger charge is -2.02. The molecule has 0 unspecified atom stereocenters. The smallest absolute Gasteiger partial charge is 0.101 e. The molecule has 0 aliphatic carbocycles. The topological polar surface area (TPSA) is 47.6 Å². The Morgan fingerprint density at radius 2 is 1.58 bits per heavy atom. The van der Waals surface area contributed by atoms with E-state index in [9.17, 15) is 10.5 Å². The van der Waals surface area contributed by atoms with Crippen molar-refractivity contribution < 1.29 is 0 Å². The highest BCUT2D eigenvalue weighted by Gasteiger charge is 2.13. The lowest BCUT2D eigenvalue weighted by molar-refractivity contribution is 0.670. The Morgan fingerprint density at radius 3 is 2.35 bits per heavy atom. The third-order valence-corrected chi connectivity index (χ3v) is 6.81. The zero-order valence-corrected chi connectivity index (χ0v) is 16.4. The number of hydrogen-bond donors (Lipinski definition) is 0. The first-order valence-electron chi connectivity index (χ1n) is 8.89. The highest BCUT2D eigenvalue weighted by molar-refractivity contribution is 7.23. The monoisotopic (exact) mass is 376 g/mol. The maximum Gasteiger partial charge on any atom is 0.101 e. The minimum absolute atomic E-state index is 0.436. The van der Waals surface area contributed by atoms with Crippen LogP contribution in [-0.2, 0) is 6.42 Å². The van der Waals surface area contributed by atoms with E-state index in [2.05, 4.69) is 43.3 Å². The van der Waals surface area contributed by atoms with Crippen molar-refractivity contribution in [2.75, 3.05) is 0 Å². The van der Waals surface area contributed by atoms with E-state index in [1.807, 2.05) is 23.5 Å². The molecule has 2 nitrogen and oxygen atoms in total. The van der Waals surface area contributed by atoms with Gasteiger partial charge in [-0.1, -0.05) is 38.3 Å². The molecule has 0 spiro atoms. The Hall–Kier alpha value is -2.40. The maximum atomic E-state index is 9.45. The second kappa shape index (κ2) is 8.81. The second-order valence-corrected chi connectivity index (χ2v) is 8.44. The Bertz CT molecular complexity index is 967. The van der Waals surface area contributed by atoms with Gasteiger partial charge in [-0.15, -0.1) is 22.7 Å². The van der Waals surface area contributed by atoms with E-state index < -0.39 is 0 Å². The van der Waals surface area contributed by atoms with E-state index in [0.717, 1.165) is 16.9 Å².